The molecular weight excluding hydrogens is 300 g/mol. The summed E-state index contributed by atoms with van der Waals surface area (Å²) in [6.07, 6.45) is 6.09. The summed E-state index contributed by atoms with van der Waals surface area (Å²) in [6, 6.07) is 10.4. The summed E-state index contributed by atoms with van der Waals surface area (Å²) in [4.78, 5) is 4.72. The number of hydrogen-bond donors (Lipinski definition) is 1. The highest BCUT2D eigenvalue weighted by atomic mass is 15.5. The first-order valence-corrected chi connectivity index (χ1v) is 8.62. The van der Waals surface area contributed by atoms with Gasteiger partial charge in [0.2, 0.25) is 0 Å². The SMILES string of the molecule is CCC[C@@H](C)c1c(-c2ccccc2)ncn1CCCc1nn[nH]n1. The first-order valence-electron chi connectivity index (χ1n) is 8.62. The van der Waals surface area contributed by atoms with Gasteiger partial charge >= 0.3 is 0 Å². The van der Waals surface area contributed by atoms with Crippen molar-refractivity contribution >= 4 is 0 Å². The van der Waals surface area contributed by atoms with Crippen molar-refractivity contribution in [1.29, 1.82) is 0 Å². The number of imidazole rings is 1. The number of aromatic nitrogens is 6. The van der Waals surface area contributed by atoms with Crippen LogP contribution < -0.4 is 0 Å². The number of nitrogens with zero attached hydrogens (tertiary/aromatic N) is 5. The minimum absolute atomic E-state index is 0.484. The summed E-state index contributed by atoms with van der Waals surface area (Å²) < 4.78 is 2.29. The highest BCUT2D eigenvalue weighted by Crippen LogP contribution is 2.31. The van der Waals surface area contributed by atoms with E-state index in [1.165, 1.54) is 17.7 Å². The molecule has 0 unspecified atom stereocenters. The van der Waals surface area contributed by atoms with Gasteiger partial charge in [-0.15, -0.1) is 10.2 Å². The molecule has 1 atom stereocenters. The highest BCUT2D eigenvalue weighted by Gasteiger charge is 2.18. The van der Waals surface area contributed by atoms with Crippen LogP contribution in [0.25, 0.3) is 11.3 Å². The Hall–Kier alpha value is -2.50. The molecule has 0 fully saturated rings. The Kier molecular flexibility index (Phi) is 5.36. The van der Waals surface area contributed by atoms with Crippen LogP contribution in [0.5, 0.6) is 0 Å². The van der Waals surface area contributed by atoms with Gasteiger partial charge in [0.25, 0.3) is 0 Å². The Morgan fingerprint density at radius 1 is 1.21 bits per heavy atom. The molecule has 2 aromatic heterocycles. The van der Waals surface area contributed by atoms with E-state index in [9.17, 15) is 0 Å². The zero-order valence-corrected chi connectivity index (χ0v) is 14.3. The average molecular weight is 324 g/mol. The number of nitrogens with one attached hydrogen (secondary N) is 1. The van der Waals surface area contributed by atoms with Crippen LogP contribution in [0.3, 0.4) is 0 Å². The largest absolute Gasteiger partial charge is 0.334 e. The van der Waals surface area contributed by atoms with Crippen LogP contribution in [-0.4, -0.2) is 30.2 Å². The lowest BCUT2D eigenvalue weighted by atomic mass is 9.97. The smallest absolute Gasteiger partial charge is 0.174 e. The highest BCUT2D eigenvalue weighted by molar-refractivity contribution is 5.62. The molecule has 1 N–H and O–H groups in total. The fourth-order valence-electron chi connectivity index (χ4n) is 3.17. The summed E-state index contributed by atoms with van der Waals surface area (Å²) in [5.41, 5.74) is 3.62. The third-order valence-electron chi connectivity index (χ3n) is 4.30. The zero-order chi connectivity index (χ0) is 16.8. The third-order valence-corrected chi connectivity index (χ3v) is 4.30. The van der Waals surface area contributed by atoms with Gasteiger partial charge in [-0.1, -0.05) is 55.8 Å². The molecule has 2 heterocycles. The van der Waals surface area contributed by atoms with Crippen molar-refractivity contribution in [3.8, 4) is 11.3 Å². The van der Waals surface area contributed by atoms with E-state index >= 15 is 0 Å². The predicted octanol–water partition coefficient (Wildman–Crippen LogP) is 3.60. The van der Waals surface area contributed by atoms with E-state index < -0.39 is 0 Å². The number of rotatable bonds is 8. The Morgan fingerprint density at radius 3 is 2.75 bits per heavy atom. The molecule has 0 saturated heterocycles. The number of aryl methyl sites for hydroxylation is 2. The molecule has 0 spiro atoms. The number of tetrazole rings is 1. The van der Waals surface area contributed by atoms with Gasteiger partial charge in [0.1, 0.15) is 0 Å². The van der Waals surface area contributed by atoms with Crippen LogP contribution in [0, 0.1) is 0 Å². The third kappa shape index (κ3) is 3.69. The predicted molar refractivity (Wildman–Crippen MR) is 93.5 cm³/mol. The molecule has 126 valence electrons. The van der Waals surface area contributed by atoms with Crippen molar-refractivity contribution in [3.63, 3.8) is 0 Å². The molecular formula is C18H24N6. The normalized spacial score (nSPS) is 12.4. The lowest BCUT2D eigenvalue weighted by Gasteiger charge is -2.16. The summed E-state index contributed by atoms with van der Waals surface area (Å²) in [6.45, 7) is 5.44. The van der Waals surface area contributed by atoms with E-state index in [2.05, 4.69) is 63.3 Å². The maximum absolute atomic E-state index is 4.72. The molecule has 1 aromatic carbocycles. The molecule has 0 saturated carbocycles. The van der Waals surface area contributed by atoms with Crippen molar-refractivity contribution in [2.75, 3.05) is 0 Å². The molecule has 0 radical (unpaired) electrons. The van der Waals surface area contributed by atoms with Gasteiger partial charge in [-0.3, -0.25) is 0 Å². The molecule has 6 nitrogen and oxygen atoms in total. The molecule has 6 heteroatoms. The van der Waals surface area contributed by atoms with Crippen LogP contribution in [0.15, 0.2) is 36.7 Å². The average Bonchev–Trinajstić information content (AvgIpc) is 3.26. The first-order chi connectivity index (χ1) is 11.8. The lowest BCUT2D eigenvalue weighted by molar-refractivity contribution is 0.559. The first kappa shape index (κ1) is 16.4. The fraction of sp³-hybridized carbons (Fsp3) is 0.444. The van der Waals surface area contributed by atoms with Gasteiger partial charge in [0.15, 0.2) is 5.82 Å². The van der Waals surface area contributed by atoms with Gasteiger partial charge < -0.3 is 4.57 Å². The molecule has 24 heavy (non-hydrogen) atoms. The number of benzene rings is 1. The van der Waals surface area contributed by atoms with Gasteiger partial charge in [-0.05, 0) is 18.8 Å². The van der Waals surface area contributed by atoms with Gasteiger partial charge in [0, 0.05) is 24.2 Å². The number of H-pyrrole nitrogens is 1. The van der Waals surface area contributed by atoms with Crippen molar-refractivity contribution < 1.29 is 0 Å². The Morgan fingerprint density at radius 2 is 2.04 bits per heavy atom. The van der Waals surface area contributed by atoms with E-state index in [0.29, 0.717) is 5.92 Å². The van der Waals surface area contributed by atoms with Crippen LogP contribution in [0.1, 0.15) is 50.5 Å². The van der Waals surface area contributed by atoms with Crippen LogP contribution in [0.2, 0.25) is 0 Å². The molecule has 3 aromatic rings. The number of aromatic amines is 1. The number of hydrogen-bond acceptors (Lipinski definition) is 4. The topological polar surface area (TPSA) is 72.3 Å². The zero-order valence-electron chi connectivity index (χ0n) is 14.3. The summed E-state index contributed by atoms with van der Waals surface area (Å²) in [5, 5.41) is 14.1. The van der Waals surface area contributed by atoms with E-state index in [0.717, 1.165) is 37.3 Å². The summed E-state index contributed by atoms with van der Waals surface area (Å²) in [5.74, 6) is 1.25. The molecule has 0 bridgehead atoms. The van der Waals surface area contributed by atoms with Gasteiger partial charge in [-0.25, -0.2) is 4.98 Å². The summed E-state index contributed by atoms with van der Waals surface area (Å²) in [7, 11) is 0. The maximum atomic E-state index is 4.72. The van der Waals surface area contributed by atoms with Gasteiger partial charge in [0.05, 0.1) is 12.0 Å². The fourth-order valence-corrected chi connectivity index (χ4v) is 3.17. The van der Waals surface area contributed by atoms with E-state index in [-0.39, 0.29) is 0 Å². The van der Waals surface area contributed by atoms with Crippen LogP contribution in [-0.2, 0) is 13.0 Å². The van der Waals surface area contributed by atoms with Crippen molar-refractivity contribution in [2.45, 2.75) is 52.0 Å². The summed E-state index contributed by atoms with van der Waals surface area (Å²) >= 11 is 0. The Bertz CT molecular complexity index is 732. The lowest BCUT2D eigenvalue weighted by Crippen LogP contribution is -2.08. The van der Waals surface area contributed by atoms with Crippen LogP contribution >= 0.6 is 0 Å². The van der Waals surface area contributed by atoms with Crippen molar-refractivity contribution in [3.05, 3.63) is 48.2 Å². The van der Waals surface area contributed by atoms with Gasteiger partial charge in [-0.2, -0.15) is 5.21 Å². The quantitative estimate of drug-likeness (QED) is 0.687. The second-order valence-corrected chi connectivity index (χ2v) is 6.16. The minimum Gasteiger partial charge on any atom is -0.334 e. The van der Waals surface area contributed by atoms with Crippen LogP contribution in [0.4, 0.5) is 0 Å². The molecule has 3 rings (SSSR count). The van der Waals surface area contributed by atoms with Crippen molar-refractivity contribution in [2.24, 2.45) is 0 Å². The van der Waals surface area contributed by atoms with Crippen molar-refractivity contribution in [1.82, 2.24) is 30.2 Å². The van der Waals surface area contributed by atoms with E-state index in [1.54, 1.807) is 0 Å². The monoisotopic (exact) mass is 324 g/mol. The standard InChI is InChI=1S/C18H24N6/c1-3-8-14(2)18-17(15-9-5-4-6-10-15)19-13-24(18)12-7-11-16-20-22-23-21-16/h4-6,9-10,13-14H,3,7-8,11-12H2,1-2H3,(H,20,21,22,23)/t14-/m1/s1. The second kappa shape index (κ2) is 7.86. The molecule has 0 aliphatic rings. The van der Waals surface area contributed by atoms with E-state index in [1.807, 2.05) is 12.4 Å². The molecule has 0 aliphatic heterocycles. The molecule has 0 amide bonds. The van der Waals surface area contributed by atoms with E-state index in [4.69, 9.17) is 4.98 Å². The second-order valence-electron chi connectivity index (χ2n) is 6.16. The Labute approximate surface area is 142 Å². The minimum atomic E-state index is 0.484. The molecule has 0 aliphatic carbocycles. The Balaban J connectivity index is 1.81. The maximum Gasteiger partial charge on any atom is 0.174 e.